The number of urea groups is 1. The van der Waals surface area contributed by atoms with Crippen LogP contribution in [0.2, 0.25) is 0 Å². The maximum Gasteiger partial charge on any atom is 0.320 e. The minimum absolute atomic E-state index is 0.250. The van der Waals surface area contributed by atoms with Crippen LogP contribution in [0.3, 0.4) is 0 Å². The fourth-order valence-corrected chi connectivity index (χ4v) is 3.52. The quantitative estimate of drug-likeness (QED) is 0.600. The molecular weight excluding hydrogens is 364 g/mol. The molecule has 0 saturated carbocycles. The largest absolute Gasteiger partial charge is 0.355 e. The van der Waals surface area contributed by atoms with Crippen molar-refractivity contribution >= 4 is 28.8 Å². The molecule has 1 fully saturated rings. The Bertz CT molecular complexity index is 956. The molecule has 150 valence electrons. The van der Waals surface area contributed by atoms with Gasteiger partial charge in [0.1, 0.15) is 17.2 Å². The SMILES string of the molecule is O=C(NCCCCc1ccccc1)Nc1ccc2ncc(N3CCCC3)nc2n1. The van der Waals surface area contributed by atoms with Gasteiger partial charge in [0.15, 0.2) is 5.65 Å². The number of aryl methyl sites for hydroxylation is 1. The Morgan fingerprint density at radius 2 is 1.83 bits per heavy atom. The molecule has 1 aliphatic heterocycles. The van der Waals surface area contributed by atoms with Gasteiger partial charge in [0.2, 0.25) is 0 Å². The van der Waals surface area contributed by atoms with Crippen molar-refractivity contribution in [2.45, 2.75) is 32.1 Å². The number of benzene rings is 1. The fourth-order valence-electron chi connectivity index (χ4n) is 3.52. The van der Waals surface area contributed by atoms with E-state index < -0.39 is 0 Å². The summed E-state index contributed by atoms with van der Waals surface area (Å²) < 4.78 is 0. The van der Waals surface area contributed by atoms with Gasteiger partial charge in [-0.05, 0) is 49.8 Å². The van der Waals surface area contributed by atoms with E-state index in [1.807, 2.05) is 12.1 Å². The molecule has 2 aromatic heterocycles. The zero-order valence-electron chi connectivity index (χ0n) is 16.5. The monoisotopic (exact) mass is 390 g/mol. The predicted molar refractivity (Wildman–Crippen MR) is 115 cm³/mol. The average Bonchev–Trinajstić information content (AvgIpc) is 3.29. The number of hydrogen-bond acceptors (Lipinski definition) is 5. The van der Waals surface area contributed by atoms with Gasteiger partial charge in [-0.2, -0.15) is 0 Å². The topological polar surface area (TPSA) is 83.0 Å². The van der Waals surface area contributed by atoms with E-state index in [2.05, 4.69) is 54.8 Å². The zero-order chi connectivity index (χ0) is 19.9. The average molecular weight is 390 g/mol. The third kappa shape index (κ3) is 5.19. The van der Waals surface area contributed by atoms with E-state index in [0.717, 1.165) is 43.7 Å². The number of carbonyl (C=O) groups is 1. The van der Waals surface area contributed by atoms with Crippen LogP contribution in [0.1, 0.15) is 31.2 Å². The minimum atomic E-state index is -0.250. The first kappa shape index (κ1) is 19.1. The van der Waals surface area contributed by atoms with E-state index >= 15 is 0 Å². The summed E-state index contributed by atoms with van der Waals surface area (Å²) >= 11 is 0. The lowest BCUT2D eigenvalue weighted by atomic mass is 10.1. The van der Waals surface area contributed by atoms with E-state index in [0.29, 0.717) is 18.0 Å². The number of pyridine rings is 1. The van der Waals surface area contributed by atoms with Crippen molar-refractivity contribution in [2.75, 3.05) is 29.9 Å². The number of fused-ring (bicyclic) bond motifs is 1. The first-order valence-corrected chi connectivity index (χ1v) is 10.3. The summed E-state index contributed by atoms with van der Waals surface area (Å²) in [5, 5.41) is 5.68. The van der Waals surface area contributed by atoms with Crippen LogP contribution in [0.4, 0.5) is 16.4 Å². The second kappa shape index (κ2) is 9.32. The molecular formula is C22H26N6O. The van der Waals surface area contributed by atoms with Crippen LogP contribution in [-0.4, -0.2) is 40.6 Å². The number of hydrogen-bond donors (Lipinski definition) is 2. The molecule has 0 bridgehead atoms. The van der Waals surface area contributed by atoms with Crippen LogP contribution in [0.15, 0.2) is 48.7 Å². The van der Waals surface area contributed by atoms with Crippen molar-refractivity contribution in [2.24, 2.45) is 0 Å². The number of aromatic nitrogens is 3. The van der Waals surface area contributed by atoms with Crippen LogP contribution in [0.25, 0.3) is 11.2 Å². The number of carbonyl (C=O) groups excluding carboxylic acids is 1. The summed E-state index contributed by atoms with van der Waals surface area (Å²) in [5.41, 5.74) is 2.60. The molecule has 0 atom stereocenters. The highest BCUT2D eigenvalue weighted by molar-refractivity contribution is 5.89. The number of amides is 2. The van der Waals surface area contributed by atoms with Crippen LogP contribution < -0.4 is 15.5 Å². The summed E-state index contributed by atoms with van der Waals surface area (Å²) in [5.74, 6) is 1.33. The Kier molecular flexibility index (Phi) is 6.14. The number of nitrogens with one attached hydrogen (secondary N) is 2. The predicted octanol–water partition coefficient (Wildman–Crippen LogP) is 3.77. The van der Waals surface area contributed by atoms with Crippen LogP contribution in [0, 0.1) is 0 Å². The highest BCUT2D eigenvalue weighted by Crippen LogP contribution is 2.19. The van der Waals surface area contributed by atoms with E-state index in [1.54, 1.807) is 12.3 Å². The van der Waals surface area contributed by atoms with Crippen molar-refractivity contribution in [1.29, 1.82) is 0 Å². The van der Waals surface area contributed by atoms with Gasteiger partial charge in [-0.25, -0.2) is 19.7 Å². The normalized spacial score (nSPS) is 13.6. The number of rotatable bonds is 7. The van der Waals surface area contributed by atoms with Crippen LogP contribution >= 0.6 is 0 Å². The van der Waals surface area contributed by atoms with Gasteiger partial charge in [-0.1, -0.05) is 30.3 Å². The summed E-state index contributed by atoms with van der Waals surface area (Å²) in [6.45, 7) is 2.64. The smallest absolute Gasteiger partial charge is 0.320 e. The summed E-state index contributed by atoms with van der Waals surface area (Å²) in [6.07, 6.45) is 7.14. The highest BCUT2D eigenvalue weighted by Gasteiger charge is 2.15. The van der Waals surface area contributed by atoms with Crippen molar-refractivity contribution < 1.29 is 4.79 Å². The number of nitrogens with zero attached hydrogens (tertiary/aromatic N) is 4. The molecule has 29 heavy (non-hydrogen) atoms. The fraction of sp³-hybridized carbons (Fsp3) is 0.364. The molecule has 3 heterocycles. The van der Waals surface area contributed by atoms with Gasteiger partial charge in [-0.3, -0.25) is 5.32 Å². The van der Waals surface area contributed by atoms with Crippen molar-refractivity contribution in [3.8, 4) is 0 Å². The molecule has 1 saturated heterocycles. The lowest BCUT2D eigenvalue weighted by Gasteiger charge is -2.15. The molecule has 3 aromatic rings. The lowest BCUT2D eigenvalue weighted by molar-refractivity contribution is 0.252. The van der Waals surface area contributed by atoms with Gasteiger partial charge in [0.25, 0.3) is 0 Å². The Labute approximate surface area is 170 Å². The van der Waals surface area contributed by atoms with Crippen LogP contribution in [0.5, 0.6) is 0 Å². The third-order valence-electron chi connectivity index (χ3n) is 5.09. The Morgan fingerprint density at radius 1 is 1.00 bits per heavy atom. The van der Waals surface area contributed by atoms with Gasteiger partial charge < -0.3 is 10.2 Å². The molecule has 0 spiro atoms. The second-order valence-electron chi connectivity index (χ2n) is 7.29. The zero-order valence-corrected chi connectivity index (χ0v) is 16.5. The minimum Gasteiger partial charge on any atom is -0.355 e. The Morgan fingerprint density at radius 3 is 2.66 bits per heavy atom. The summed E-state index contributed by atoms with van der Waals surface area (Å²) in [6, 6.07) is 13.7. The lowest BCUT2D eigenvalue weighted by Crippen LogP contribution is -2.30. The number of unbranched alkanes of at least 4 members (excludes halogenated alkanes) is 1. The molecule has 1 aliphatic rings. The maximum absolute atomic E-state index is 12.2. The molecule has 4 rings (SSSR count). The van der Waals surface area contributed by atoms with Crippen molar-refractivity contribution in [3.05, 3.63) is 54.2 Å². The van der Waals surface area contributed by atoms with Gasteiger partial charge in [0.05, 0.1) is 6.20 Å². The summed E-state index contributed by atoms with van der Waals surface area (Å²) in [7, 11) is 0. The van der Waals surface area contributed by atoms with Crippen LogP contribution in [-0.2, 0) is 6.42 Å². The van der Waals surface area contributed by atoms with E-state index in [-0.39, 0.29) is 6.03 Å². The van der Waals surface area contributed by atoms with Crippen molar-refractivity contribution in [3.63, 3.8) is 0 Å². The molecule has 2 amide bonds. The van der Waals surface area contributed by atoms with E-state index in [9.17, 15) is 4.79 Å². The molecule has 7 nitrogen and oxygen atoms in total. The first-order valence-electron chi connectivity index (χ1n) is 10.3. The molecule has 2 N–H and O–H groups in total. The summed E-state index contributed by atoms with van der Waals surface area (Å²) in [4.78, 5) is 27.9. The second-order valence-corrected chi connectivity index (χ2v) is 7.29. The van der Waals surface area contributed by atoms with E-state index in [4.69, 9.17) is 0 Å². The molecule has 0 radical (unpaired) electrons. The van der Waals surface area contributed by atoms with E-state index in [1.165, 1.54) is 18.4 Å². The molecule has 0 aliphatic carbocycles. The van der Waals surface area contributed by atoms with Crippen molar-refractivity contribution in [1.82, 2.24) is 20.3 Å². The molecule has 7 heteroatoms. The van der Waals surface area contributed by atoms with Gasteiger partial charge in [-0.15, -0.1) is 0 Å². The Hall–Kier alpha value is -3.22. The molecule has 0 unspecified atom stereocenters. The third-order valence-corrected chi connectivity index (χ3v) is 5.09. The maximum atomic E-state index is 12.2. The molecule has 1 aromatic carbocycles. The Balaban J connectivity index is 1.27. The first-order chi connectivity index (χ1) is 14.3. The van der Waals surface area contributed by atoms with Gasteiger partial charge in [0, 0.05) is 19.6 Å². The standard InChI is InChI=1S/C22H26N6O/c29-22(23-13-5-4-10-17-8-2-1-3-9-17)26-19-12-11-18-21(25-19)27-20(16-24-18)28-14-6-7-15-28/h1-3,8-9,11-12,16H,4-7,10,13-15H2,(H2,23,25,26,27,29). The highest BCUT2D eigenvalue weighted by atomic mass is 16.2. The van der Waals surface area contributed by atoms with Gasteiger partial charge >= 0.3 is 6.03 Å². The number of anilines is 2.